The van der Waals surface area contributed by atoms with Crippen molar-refractivity contribution in [3.63, 3.8) is 0 Å². The molecule has 1 saturated heterocycles. The zero-order valence-corrected chi connectivity index (χ0v) is 34.5. The Morgan fingerprint density at radius 1 is 1.03 bits per heavy atom. The summed E-state index contributed by atoms with van der Waals surface area (Å²) in [6.07, 6.45) is 8.63. The van der Waals surface area contributed by atoms with Crippen molar-refractivity contribution in [3.05, 3.63) is 74.9 Å². The SMILES string of the molecule is CN(C)CC=CC(=O)N1CCN(c2ccc(/C=C/C(=O)NCCOCCNC(=O)Cn3ccc(-c4cc(Cl)c(Cl)c5[nH]c6c(c45)CN(C(=O)CO)CC6)n3)s2)C(=O)C1. The number of H-pyrrole nitrogens is 1. The third-order valence-electron chi connectivity index (χ3n) is 9.51. The number of amides is 5. The van der Waals surface area contributed by atoms with Gasteiger partial charge in [-0.05, 0) is 44.4 Å². The first-order chi connectivity index (χ1) is 27.9. The number of aliphatic hydroxyl groups is 1. The molecule has 4 aromatic rings. The summed E-state index contributed by atoms with van der Waals surface area (Å²) in [6, 6.07) is 7.17. The van der Waals surface area contributed by atoms with Crippen LogP contribution in [0.5, 0.6) is 0 Å². The molecule has 1 aromatic carbocycles. The maximum atomic E-state index is 12.8. The van der Waals surface area contributed by atoms with Crippen LogP contribution in [0.1, 0.15) is 16.1 Å². The first-order valence-corrected chi connectivity index (χ1v) is 20.2. The number of ether oxygens (including phenoxy) is 1. The molecule has 3 aromatic heterocycles. The van der Waals surface area contributed by atoms with E-state index in [1.165, 1.54) is 33.1 Å². The summed E-state index contributed by atoms with van der Waals surface area (Å²) in [4.78, 5) is 73.4. The smallest absolute Gasteiger partial charge is 0.248 e. The third-order valence-corrected chi connectivity index (χ3v) is 11.4. The average Bonchev–Trinajstić information content (AvgIpc) is 3.96. The lowest BCUT2D eigenvalue weighted by Gasteiger charge is -2.33. The molecule has 16 nitrogen and oxygen atoms in total. The molecule has 1 fully saturated rings. The van der Waals surface area contributed by atoms with Crippen molar-refractivity contribution < 1.29 is 33.8 Å². The molecule has 5 amide bonds. The summed E-state index contributed by atoms with van der Waals surface area (Å²) in [5.74, 6) is -1.26. The van der Waals surface area contributed by atoms with Crippen LogP contribution in [0.25, 0.3) is 28.2 Å². The van der Waals surface area contributed by atoms with Crippen molar-refractivity contribution in [3.8, 4) is 11.3 Å². The standard InChI is InChI=1S/C39H45Cl2N9O7S/c1-46(2)13-3-4-33(54)48-16-17-50(34(55)23-48)36-8-6-25(58-36)5-7-31(52)42-11-18-57-19-12-43-32(53)22-49-15-10-30(45-49)26-20-28(40)38(41)39-37(26)27-21-47(35(56)24-51)14-9-29(27)44-39/h3-8,10,15,20,44,51H,9,11-14,16-19,21-24H2,1-2H3,(H,42,52)(H,43,53)/b4-3?,7-5+. The minimum atomic E-state index is -0.569. The van der Waals surface area contributed by atoms with Crippen molar-refractivity contribution in [2.45, 2.75) is 19.5 Å². The number of anilines is 1. The van der Waals surface area contributed by atoms with E-state index in [0.717, 1.165) is 26.5 Å². The number of benzene rings is 1. The van der Waals surface area contributed by atoms with Gasteiger partial charge in [0.1, 0.15) is 19.7 Å². The number of thiophene rings is 1. The van der Waals surface area contributed by atoms with E-state index in [0.29, 0.717) is 66.0 Å². The average molecular weight is 855 g/mol. The van der Waals surface area contributed by atoms with Gasteiger partial charge in [-0.2, -0.15) is 5.10 Å². The summed E-state index contributed by atoms with van der Waals surface area (Å²) in [7, 11) is 3.83. The second kappa shape index (κ2) is 19.6. The molecular weight excluding hydrogens is 809 g/mol. The number of piperazine rings is 1. The number of aromatic nitrogens is 3. The number of aliphatic hydroxyl groups excluding tert-OH is 1. The number of halogens is 2. The minimum Gasteiger partial charge on any atom is -0.387 e. The zero-order valence-electron chi connectivity index (χ0n) is 32.1. The van der Waals surface area contributed by atoms with Gasteiger partial charge < -0.3 is 45.1 Å². The molecule has 0 bridgehead atoms. The van der Waals surface area contributed by atoms with Gasteiger partial charge in [0.2, 0.25) is 29.5 Å². The highest BCUT2D eigenvalue weighted by Crippen LogP contribution is 2.42. The number of carbonyl (C=O) groups is 5. The lowest BCUT2D eigenvalue weighted by Crippen LogP contribution is -2.51. The van der Waals surface area contributed by atoms with Crippen LogP contribution < -0.4 is 15.5 Å². The molecule has 308 valence electrons. The van der Waals surface area contributed by atoms with Gasteiger partial charge in [0.15, 0.2) is 0 Å². The van der Waals surface area contributed by atoms with E-state index < -0.39 is 6.61 Å². The van der Waals surface area contributed by atoms with Crippen LogP contribution in [0.3, 0.4) is 0 Å². The Balaban J connectivity index is 0.894. The van der Waals surface area contributed by atoms with Crippen molar-refractivity contribution in [2.24, 2.45) is 0 Å². The molecule has 5 heterocycles. The Hall–Kier alpha value is -5.04. The van der Waals surface area contributed by atoms with Crippen LogP contribution in [0.2, 0.25) is 10.0 Å². The Bertz CT molecular complexity index is 2230. The minimum absolute atomic E-state index is 0.0128. The van der Waals surface area contributed by atoms with Crippen LogP contribution in [0.4, 0.5) is 5.00 Å². The second-order valence-corrected chi connectivity index (χ2v) is 15.8. The highest BCUT2D eigenvalue weighted by Gasteiger charge is 2.29. The normalized spacial score (nSPS) is 14.7. The molecule has 0 radical (unpaired) electrons. The summed E-state index contributed by atoms with van der Waals surface area (Å²) in [6.45, 7) is 2.66. The highest BCUT2D eigenvalue weighted by molar-refractivity contribution is 7.17. The lowest BCUT2D eigenvalue weighted by atomic mass is 9.99. The summed E-state index contributed by atoms with van der Waals surface area (Å²) in [5, 5.41) is 21.8. The van der Waals surface area contributed by atoms with Gasteiger partial charge in [0.25, 0.3) is 0 Å². The van der Waals surface area contributed by atoms with Crippen molar-refractivity contribution >= 4 is 86.1 Å². The number of rotatable bonds is 16. The molecule has 6 rings (SSSR count). The fourth-order valence-electron chi connectivity index (χ4n) is 6.62. The molecule has 2 aliphatic rings. The number of hydrogen-bond acceptors (Lipinski definition) is 10. The molecule has 0 spiro atoms. The van der Waals surface area contributed by atoms with Gasteiger partial charge in [-0.15, -0.1) is 11.3 Å². The number of likely N-dealkylation sites (N-methyl/N-ethyl adjacent to an activating group) is 1. The first kappa shape index (κ1) is 42.6. The number of hydrogen-bond donors (Lipinski definition) is 4. The van der Waals surface area contributed by atoms with E-state index in [9.17, 15) is 29.1 Å². The fourth-order valence-corrected chi connectivity index (χ4v) is 7.97. The predicted octanol–water partition coefficient (Wildman–Crippen LogP) is 2.53. The largest absolute Gasteiger partial charge is 0.387 e. The van der Waals surface area contributed by atoms with Crippen LogP contribution in [0, 0.1) is 0 Å². The van der Waals surface area contributed by atoms with Gasteiger partial charge >= 0.3 is 0 Å². The van der Waals surface area contributed by atoms with Gasteiger partial charge in [-0.1, -0.05) is 29.3 Å². The predicted molar refractivity (Wildman–Crippen MR) is 223 cm³/mol. The van der Waals surface area contributed by atoms with Crippen LogP contribution >= 0.6 is 34.5 Å². The molecule has 0 unspecified atom stereocenters. The Labute approximate surface area is 349 Å². The summed E-state index contributed by atoms with van der Waals surface area (Å²) in [5.41, 5.74) is 3.74. The number of nitrogens with zero attached hydrogens (tertiary/aromatic N) is 6. The van der Waals surface area contributed by atoms with Gasteiger partial charge in [-0.25, -0.2) is 0 Å². The topological polar surface area (TPSA) is 185 Å². The second-order valence-electron chi connectivity index (χ2n) is 13.9. The van der Waals surface area contributed by atoms with Gasteiger partial charge in [-0.3, -0.25) is 28.7 Å². The highest BCUT2D eigenvalue weighted by atomic mass is 35.5. The van der Waals surface area contributed by atoms with Crippen LogP contribution in [0.15, 0.2) is 48.7 Å². The molecule has 4 N–H and O–H groups in total. The maximum Gasteiger partial charge on any atom is 0.248 e. The molecule has 0 atom stereocenters. The van der Waals surface area contributed by atoms with Crippen molar-refractivity contribution in [1.82, 2.24) is 40.1 Å². The fraction of sp³-hybridized carbons (Fsp3) is 0.385. The van der Waals surface area contributed by atoms with Gasteiger partial charge in [0, 0.05) is 97.7 Å². The quantitative estimate of drug-likeness (QED) is 0.0972. The number of carbonyl (C=O) groups excluding carboxylic acids is 5. The van der Waals surface area contributed by atoms with Crippen LogP contribution in [-0.2, 0) is 48.2 Å². The Morgan fingerprint density at radius 3 is 2.59 bits per heavy atom. The Kier molecular flexibility index (Phi) is 14.4. The number of nitrogens with one attached hydrogen (secondary N) is 3. The molecule has 0 saturated carbocycles. The van der Waals surface area contributed by atoms with E-state index in [-0.39, 0.29) is 68.9 Å². The maximum absolute atomic E-state index is 12.8. The molecule has 58 heavy (non-hydrogen) atoms. The van der Waals surface area contributed by atoms with Gasteiger partial charge in [0.05, 0.1) is 39.5 Å². The van der Waals surface area contributed by atoms with Crippen molar-refractivity contribution in [1.29, 1.82) is 0 Å². The molecule has 2 aliphatic heterocycles. The van der Waals surface area contributed by atoms with E-state index in [1.54, 1.807) is 40.3 Å². The first-order valence-electron chi connectivity index (χ1n) is 18.7. The van der Waals surface area contributed by atoms with Crippen molar-refractivity contribution in [2.75, 3.05) is 84.6 Å². The third kappa shape index (κ3) is 10.5. The summed E-state index contributed by atoms with van der Waals surface area (Å²) >= 11 is 14.5. The summed E-state index contributed by atoms with van der Waals surface area (Å²) < 4.78 is 7.08. The Morgan fingerprint density at radius 2 is 1.83 bits per heavy atom. The van der Waals surface area contributed by atoms with E-state index in [1.807, 2.05) is 31.1 Å². The zero-order chi connectivity index (χ0) is 41.3. The van der Waals surface area contributed by atoms with E-state index in [4.69, 9.17) is 27.9 Å². The number of fused-ring (bicyclic) bond motifs is 3. The van der Waals surface area contributed by atoms with Crippen LogP contribution in [-0.4, -0.2) is 144 Å². The van der Waals surface area contributed by atoms with E-state index in [2.05, 4.69) is 20.7 Å². The molecule has 19 heteroatoms. The number of aromatic amines is 1. The monoisotopic (exact) mass is 853 g/mol. The lowest BCUT2D eigenvalue weighted by molar-refractivity contribution is -0.135. The molecular formula is C39H45Cl2N9O7S. The van der Waals surface area contributed by atoms with E-state index >= 15 is 0 Å². The molecule has 0 aliphatic carbocycles.